The normalized spacial score (nSPS) is 10.3. The maximum atomic E-state index is 11.3. The molecule has 15 heavy (non-hydrogen) atoms. The molecule has 0 aliphatic heterocycles. The lowest BCUT2D eigenvalue weighted by Gasteiger charge is -2.10. The van der Waals surface area contributed by atoms with Crippen LogP contribution in [-0.4, -0.2) is 29.4 Å². The van der Waals surface area contributed by atoms with Crippen LogP contribution in [-0.2, 0) is 11.3 Å². The van der Waals surface area contributed by atoms with Crippen LogP contribution in [0.15, 0.2) is 17.1 Å². The number of ether oxygens (including phenoxy) is 1. The molecule has 1 aromatic rings. The van der Waals surface area contributed by atoms with Crippen LogP contribution in [0.3, 0.4) is 0 Å². The van der Waals surface area contributed by atoms with Crippen LogP contribution < -0.4 is 5.43 Å². The van der Waals surface area contributed by atoms with Crippen molar-refractivity contribution in [3.05, 3.63) is 33.7 Å². The summed E-state index contributed by atoms with van der Waals surface area (Å²) >= 11 is 0. The SMILES string of the molecule is COCCn1cc(C(=O)O)c(=O)cc1C. The van der Waals surface area contributed by atoms with Gasteiger partial charge in [0, 0.05) is 31.6 Å². The van der Waals surface area contributed by atoms with E-state index in [9.17, 15) is 9.59 Å². The molecule has 82 valence electrons. The first-order chi connectivity index (χ1) is 7.06. The molecule has 0 radical (unpaired) electrons. The van der Waals surface area contributed by atoms with Gasteiger partial charge in [-0.3, -0.25) is 4.79 Å². The molecule has 1 aromatic heterocycles. The highest BCUT2D eigenvalue weighted by Crippen LogP contribution is 1.99. The van der Waals surface area contributed by atoms with E-state index < -0.39 is 11.4 Å². The zero-order chi connectivity index (χ0) is 11.4. The van der Waals surface area contributed by atoms with Gasteiger partial charge >= 0.3 is 5.97 Å². The molecule has 1 heterocycles. The minimum Gasteiger partial charge on any atom is -0.477 e. The van der Waals surface area contributed by atoms with Gasteiger partial charge in [-0.15, -0.1) is 0 Å². The molecule has 0 aliphatic carbocycles. The minimum absolute atomic E-state index is 0.211. The summed E-state index contributed by atoms with van der Waals surface area (Å²) in [7, 11) is 1.57. The predicted molar refractivity (Wildman–Crippen MR) is 54.3 cm³/mol. The van der Waals surface area contributed by atoms with Gasteiger partial charge in [0.05, 0.1) is 6.61 Å². The number of aromatic nitrogens is 1. The Morgan fingerprint density at radius 2 is 2.27 bits per heavy atom. The molecule has 0 saturated heterocycles. The number of rotatable bonds is 4. The summed E-state index contributed by atoms with van der Waals surface area (Å²) in [5, 5.41) is 8.76. The molecule has 0 saturated carbocycles. The van der Waals surface area contributed by atoms with Gasteiger partial charge in [-0.1, -0.05) is 0 Å². The topological polar surface area (TPSA) is 68.5 Å². The first kappa shape index (κ1) is 11.5. The summed E-state index contributed by atoms with van der Waals surface area (Å²) in [6.07, 6.45) is 1.35. The second kappa shape index (κ2) is 4.75. The quantitative estimate of drug-likeness (QED) is 0.787. The van der Waals surface area contributed by atoms with Crippen LogP contribution in [0.2, 0.25) is 0 Å². The van der Waals surface area contributed by atoms with Gasteiger partial charge in [0.1, 0.15) is 5.56 Å². The number of aromatic carboxylic acids is 1. The van der Waals surface area contributed by atoms with Crippen molar-refractivity contribution in [1.29, 1.82) is 0 Å². The Morgan fingerprint density at radius 1 is 1.60 bits per heavy atom. The van der Waals surface area contributed by atoms with E-state index >= 15 is 0 Å². The van der Waals surface area contributed by atoms with Crippen molar-refractivity contribution in [1.82, 2.24) is 4.57 Å². The second-order valence-electron chi connectivity index (χ2n) is 3.18. The van der Waals surface area contributed by atoms with Gasteiger partial charge in [-0.25, -0.2) is 4.79 Å². The maximum absolute atomic E-state index is 11.3. The summed E-state index contributed by atoms with van der Waals surface area (Å²) in [5.41, 5.74) is 0.0485. The van der Waals surface area contributed by atoms with Crippen LogP contribution in [0.4, 0.5) is 0 Å². The van der Waals surface area contributed by atoms with Gasteiger partial charge in [-0.2, -0.15) is 0 Å². The molecule has 5 nitrogen and oxygen atoms in total. The number of pyridine rings is 1. The van der Waals surface area contributed by atoms with Crippen LogP contribution in [0.25, 0.3) is 0 Å². The molecular formula is C10H13NO4. The molecule has 0 amide bonds. The number of hydrogen-bond acceptors (Lipinski definition) is 3. The van der Waals surface area contributed by atoms with Crippen molar-refractivity contribution in [2.75, 3.05) is 13.7 Å². The summed E-state index contributed by atoms with van der Waals surface area (Å²) in [6, 6.07) is 1.32. The lowest BCUT2D eigenvalue weighted by Crippen LogP contribution is -2.20. The van der Waals surface area contributed by atoms with E-state index in [0.717, 1.165) is 5.69 Å². The third-order valence-electron chi connectivity index (χ3n) is 2.11. The van der Waals surface area contributed by atoms with Crippen molar-refractivity contribution in [3.63, 3.8) is 0 Å². The molecule has 0 bridgehead atoms. The minimum atomic E-state index is -1.20. The van der Waals surface area contributed by atoms with Gasteiger partial charge < -0.3 is 14.4 Å². The van der Waals surface area contributed by atoms with Crippen LogP contribution in [0, 0.1) is 6.92 Å². The highest BCUT2D eigenvalue weighted by molar-refractivity contribution is 5.87. The van der Waals surface area contributed by atoms with Gasteiger partial charge in [-0.05, 0) is 6.92 Å². The summed E-state index contributed by atoms with van der Waals surface area (Å²) in [6.45, 7) is 2.76. The van der Waals surface area contributed by atoms with E-state index in [0.29, 0.717) is 13.2 Å². The monoisotopic (exact) mass is 211 g/mol. The van der Waals surface area contributed by atoms with E-state index in [4.69, 9.17) is 9.84 Å². The maximum Gasteiger partial charge on any atom is 0.341 e. The number of aryl methyl sites for hydroxylation is 1. The highest BCUT2D eigenvalue weighted by Gasteiger charge is 2.10. The Balaban J connectivity index is 3.12. The van der Waals surface area contributed by atoms with Crippen LogP contribution in [0.5, 0.6) is 0 Å². The van der Waals surface area contributed by atoms with E-state index in [1.807, 2.05) is 0 Å². The Labute approximate surface area is 86.9 Å². The third kappa shape index (κ3) is 2.66. The number of nitrogens with zero attached hydrogens (tertiary/aromatic N) is 1. The fourth-order valence-corrected chi connectivity index (χ4v) is 1.26. The Morgan fingerprint density at radius 3 is 2.80 bits per heavy atom. The van der Waals surface area contributed by atoms with Crippen LogP contribution >= 0.6 is 0 Å². The average Bonchev–Trinajstić information content (AvgIpc) is 2.16. The molecular weight excluding hydrogens is 198 g/mol. The number of carboxylic acids is 1. The molecule has 1 rings (SSSR count). The van der Waals surface area contributed by atoms with Crippen molar-refractivity contribution in [3.8, 4) is 0 Å². The van der Waals surface area contributed by atoms with Crippen molar-refractivity contribution < 1.29 is 14.6 Å². The lowest BCUT2D eigenvalue weighted by atomic mass is 10.2. The largest absolute Gasteiger partial charge is 0.477 e. The lowest BCUT2D eigenvalue weighted by molar-refractivity contribution is 0.0694. The van der Waals surface area contributed by atoms with Crippen molar-refractivity contribution in [2.45, 2.75) is 13.5 Å². The van der Waals surface area contributed by atoms with Crippen molar-refractivity contribution in [2.24, 2.45) is 0 Å². The number of carbonyl (C=O) groups is 1. The number of carboxylic acid groups (broad SMARTS) is 1. The van der Waals surface area contributed by atoms with Gasteiger partial charge in [0.2, 0.25) is 0 Å². The zero-order valence-corrected chi connectivity index (χ0v) is 8.69. The molecule has 0 atom stereocenters. The van der Waals surface area contributed by atoms with Crippen LogP contribution in [0.1, 0.15) is 16.1 Å². The molecule has 5 heteroatoms. The third-order valence-corrected chi connectivity index (χ3v) is 2.11. The Kier molecular flexibility index (Phi) is 3.62. The molecule has 0 aliphatic rings. The first-order valence-electron chi connectivity index (χ1n) is 4.49. The number of methoxy groups -OCH3 is 1. The smallest absolute Gasteiger partial charge is 0.341 e. The van der Waals surface area contributed by atoms with Crippen molar-refractivity contribution >= 4 is 5.97 Å². The Bertz CT molecular complexity index is 422. The number of hydrogen-bond donors (Lipinski definition) is 1. The van der Waals surface area contributed by atoms with Gasteiger partial charge in [0.15, 0.2) is 5.43 Å². The molecule has 0 unspecified atom stereocenters. The fourth-order valence-electron chi connectivity index (χ4n) is 1.26. The molecule has 0 fully saturated rings. The van der Waals surface area contributed by atoms with E-state index in [1.54, 1.807) is 18.6 Å². The fraction of sp³-hybridized carbons (Fsp3) is 0.400. The van der Waals surface area contributed by atoms with E-state index in [-0.39, 0.29) is 5.56 Å². The zero-order valence-electron chi connectivity index (χ0n) is 8.69. The van der Waals surface area contributed by atoms with Gasteiger partial charge in [0.25, 0.3) is 0 Å². The summed E-state index contributed by atoms with van der Waals surface area (Å²) < 4.78 is 6.57. The first-order valence-corrected chi connectivity index (χ1v) is 4.49. The standard InChI is InChI=1S/C10H13NO4/c1-7-5-9(12)8(10(13)14)6-11(7)3-4-15-2/h5-6H,3-4H2,1-2H3,(H,13,14). The summed E-state index contributed by atoms with van der Waals surface area (Å²) in [5.74, 6) is -1.20. The summed E-state index contributed by atoms with van der Waals surface area (Å²) in [4.78, 5) is 22.0. The molecule has 1 N–H and O–H groups in total. The molecule has 0 aromatic carbocycles. The molecule has 0 spiro atoms. The van der Waals surface area contributed by atoms with E-state index in [2.05, 4.69) is 0 Å². The Hall–Kier alpha value is -1.62. The predicted octanol–water partition coefficient (Wildman–Crippen LogP) is 0.501. The average molecular weight is 211 g/mol. The van der Waals surface area contributed by atoms with E-state index in [1.165, 1.54) is 12.3 Å². The second-order valence-corrected chi connectivity index (χ2v) is 3.18. The highest BCUT2D eigenvalue weighted by atomic mass is 16.5.